The molecule has 0 spiro atoms. The van der Waals surface area contributed by atoms with E-state index in [2.05, 4.69) is 9.97 Å². The van der Waals surface area contributed by atoms with Crippen molar-refractivity contribution in [3.8, 4) is 11.4 Å². The number of amides is 1. The Hall–Kier alpha value is -5.97. The van der Waals surface area contributed by atoms with Gasteiger partial charge in [0.2, 0.25) is 0 Å². The number of para-hydroxylation sites is 1. The van der Waals surface area contributed by atoms with Crippen LogP contribution in [0, 0.1) is 11.6 Å². The van der Waals surface area contributed by atoms with Crippen LogP contribution in [0.5, 0.6) is 5.75 Å². The van der Waals surface area contributed by atoms with Crippen molar-refractivity contribution < 1.29 is 36.6 Å². The fourth-order valence-corrected chi connectivity index (χ4v) is 5.94. The molecule has 1 atom stereocenters. The van der Waals surface area contributed by atoms with Gasteiger partial charge in [-0.2, -0.15) is 0 Å². The summed E-state index contributed by atoms with van der Waals surface area (Å²) in [5.41, 5.74) is -2.50. The molecule has 3 heterocycles. The van der Waals surface area contributed by atoms with E-state index < -0.39 is 68.5 Å². The zero-order valence-corrected chi connectivity index (χ0v) is 25.3. The molecular weight excluding hydrogens is 642 g/mol. The minimum absolute atomic E-state index is 0.0228. The van der Waals surface area contributed by atoms with Gasteiger partial charge < -0.3 is 15.2 Å². The van der Waals surface area contributed by atoms with Gasteiger partial charge in [-0.1, -0.05) is 12.1 Å². The lowest BCUT2D eigenvalue weighted by atomic mass is 10.1. The van der Waals surface area contributed by atoms with Gasteiger partial charge in [0, 0.05) is 25.4 Å². The molecular formula is C30H24F2N6O8S. The molecule has 0 aliphatic carbocycles. The lowest BCUT2D eigenvalue weighted by Gasteiger charge is -2.16. The summed E-state index contributed by atoms with van der Waals surface area (Å²) in [6, 6.07) is 9.07. The van der Waals surface area contributed by atoms with Crippen LogP contribution >= 0.6 is 0 Å². The van der Waals surface area contributed by atoms with E-state index in [1.807, 2.05) is 10.0 Å². The number of carbonyl (C=O) groups is 2. The Kier molecular flexibility index (Phi) is 8.83. The summed E-state index contributed by atoms with van der Waals surface area (Å²) in [4.78, 5) is 58.4. The molecule has 0 saturated carbocycles. The number of fused-ring (bicyclic) bond motifs is 1. The number of anilines is 1. The number of methoxy groups -OCH3 is 1. The molecule has 0 bridgehead atoms. The maximum Gasteiger partial charge on any atom is 0.335 e. The Morgan fingerprint density at radius 1 is 1.04 bits per heavy atom. The van der Waals surface area contributed by atoms with E-state index in [0.29, 0.717) is 17.6 Å². The first-order valence-corrected chi connectivity index (χ1v) is 15.0. The molecule has 0 aliphatic heterocycles. The van der Waals surface area contributed by atoms with Crippen molar-refractivity contribution >= 4 is 38.5 Å². The monoisotopic (exact) mass is 666 g/mol. The number of aromatic nitrogens is 4. The van der Waals surface area contributed by atoms with Crippen molar-refractivity contribution in [1.29, 1.82) is 0 Å². The standard InChI is InChI=1S/C30H24F2N6O8S/c1-37-23-15-33-10-9-19(23)28(40)38(30(37)43)18-8-7-16(34-14-18)13-22(29(41)42)35-27(39)26-20(31)11-17(12-21(26)32)36-47(44,45)25-6-4-3-5-24(25)46-2/h3-12,14-15,22,36H,13H2,1-2H3,(H,35,39)(H,41,42)/t22-/m0/s1. The number of carbonyl (C=O) groups excluding carboxylic acids is 1. The molecule has 0 saturated heterocycles. The Labute approximate surface area is 264 Å². The summed E-state index contributed by atoms with van der Waals surface area (Å²) < 4.78 is 64.7. The van der Waals surface area contributed by atoms with Crippen molar-refractivity contribution in [2.45, 2.75) is 17.4 Å². The molecule has 242 valence electrons. The van der Waals surface area contributed by atoms with Gasteiger partial charge in [-0.3, -0.25) is 28.8 Å². The zero-order chi connectivity index (χ0) is 34.0. The van der Waals surface area contributed by atoms with Crippen LogP contribution in [-0.2, 0) is 28.3 Å². The van der Waals surface area contributed by atoms with E-state index in [-0.39, 0.29) is 27.4 Å². The number of hydrogen-bond acceptors (Lipinski definition) is 9. The van der Waals surface area contributed by atoms with Crippen molar-refractivity contribution in [2.24, 2.45) is 7.05 Å². The van der Waals surface area contributed by atoms with Crippen LogP contribution in [0.15, 0.2) is 87.7 Å². The number of ether oxygens (including phenoxy) is 1. The smallest absolute Gasteiger partial charge is 0.335 e. The minimum atomic E-state index is -4.36. The van der Waals surface area contributed by atoms with Crippen LogP contribution in [0.25, 0.3) is 16.6 Å². The number of aryl methyl sites for hydroxylation is 1. The normalized spacial score (nSPS) is 12.0. The number of nitrogens with one attached hydrogen (secondary N) is 2. The second-order valence-electron chi connectivity index (χ2n) is 10.0. The summed E-state index contributed by atoms with van der Waals surface area (Å²) in [7, 11) is -1.65. The van der Waals surface area contributed by atoms with E-state index in [4.69, 9.17) is 4.74 Å². The largest absolute Gasteiger partial charge is 0.495 e. The number of carboxylic acid groups (broad SMARTS) is 1. The van der Waals surface area contributed by atoms with Crippen molar-refractivity contribution in [3.63, 3.8) is 0 Å². The molecule has 0 unspecified atom stereocenters. The molecule has 3 aromatic heterocycles. The van der Waals surface area contributed by atoms with E-state index in [1.165, 1.54) is 73.6 Å². The molecule has 5 rings (SSSR count). The molecule has 3 N–H and O–H groups in total. The number of carboxylic acids is 1. The lowest BCUT2D eigenvalue weighted by molar-refractivity contribution is -0.139. The highest BCUT2D eigenvalue weighted by molar-refractivity contribution is 7.92. The maximum atomic E-state index is 15.0. The Balaban J connectivity index is 1.35. The van der Waals surface area contributed by atoms with Crippen molar-refractivity contribution in [3.05, 3.63) is 117 Å². The molecule has 2 aromatic carbocycles. The third-order valence-electron chi connectivity index (χ3n) is 7.04. The number of sulfonamides is 1. The van der Waals surface area contributed by atoms with Gasteiger partial charge in [-0.15, -0.1) is 0 Å². The lowest BCUT2D eigenvalue weighted by Crippen LogP contribution is -2.43. The van der Waals surface area contributed by atoms with Gasteiger partial charge in [0.05, 0.1) is 41.8 Å². The number of rotatable bonds is 10. The van der Waals surface area contributed by atoms with Crippen LogP contribution < -0.4 is 26.0 Å². The Morgan fingerprint density at radius 2 is 1.74 bits per heavy atom. The highest BCUT2D eigenvalue weighted by Crippen LogP contribution is 2.27. The number of halogens is 2. The van der Waals surface area contributed by atoms with Gasteiger partial charge in [0.25, 0.3) is 21.5 Å². The highest BCUT2D eigenvalue weighted by atomic mass is 32.2. The number of nitrogens with zero attached hydrogens (tertiary/aromatic N) is 4. The average Bonchev–Trinajstić information content (AvgIpc) is 3.03. The van der Waals surface area contributed by atoms with Crippen LogP contribution in [0.4, 0.5) is 14.5 Å². The molecule has 0 aliphatic rings. The van der Waals surface area contributed by atoms with E-state index in [9.17, 15) is 41.5 Å². The van der Waals surface area contributed by atoms with Crippen LogP contribution in [-0.4, -0.2) is 57.7 Å². The summed E-state index contributed by atoms with van der Waals surface area (Å²) in [6.07, 6.45) is 3.49. The summed E-state index contributed by atoms with van der Waals surface area (Å²) in [6.45, 7) is 0. The Morgan fingerprint density at radius 3 is 2.38 bits per heavy atom. The predicted octanol–water partition coefficient (Wildman–Crippen LogP) is 1.99. The summed E-state index contributed by atoms with van der Waals surface area (Å²) in [5.74, 6) is -5.94. The first-order chi connectivity index (χ1) is 22.3. The third kappa shape index (κ3) is 6.41. The first-order valence-electron chi connectivity index (χ1n) is 13.5. The van der Waals surface area contributed by atoms with Gasteiger partial charge in [-0.05, 0) is 42.5 Å². The summed E-state index contributed by atoms with van der Waals surface area (Å²) >= 11 is 0. The van der Waals surface area contributed by atoms with Crippen LogP contribution in [0.1, 0.15) is 16.1 Å². The summed E-state index contributed by atoms with van der Waals surface area (Å²) in [5, 5.41) is 12.0. The minimum Gasteiger partial charge on any atom is -0.495 e. The molecule has 47 heavy (non-hydrogen) atoms. The fourth-order valence-electron chi connectivity index (χ4n) is 4.73. The molecule has 14 nitrogen and oxygen atoms in total. The average molecular weight is 667 g/mol. The topological polar surface area (TPSA) is 192 Å². The highest BCUT2D eigenvalue weighted by Gasteiger charge is 2.27. The van der Waals surface area contributed by atoms with Crippen LogP contribution in [0.2, 0.25) is 0 Å². The second kappa shape index (κ2) is 12.8. The van der Waals surface area contributed by atoms with Crippen LogP contribution in [0.3, 0.4) is 0 Å². The van der Waals surface area contributed by atoms with E-state index >= 15 is 0 Å². The fraction of sp³-hybridized carbons (Fsp3) is 0.133. The quantitative estimate of drug-likeness (QED) is 0.199. The number of pyridine rings is 2. The Bertz CT molecular complexity index is 2250. The third-order valence-corrected chi connectivity index (χ3v) is 8.46. The molecule has 5 aromatic rings. The van der Waals surface area contributed by atoms with E-state index in [0.717, 1.165) is 10.8 Å². The molecule has 0 fully saturated rings. The van der Waals surface area contributed by atoms with Gasteiger partial charge >= 0.3 is 11.7 Å². The van der Waals surface area contributed by atoms with Gasteiger partial charge in [0.1, 0.15) is 33.9 Å². The SMILES string of the molecule is COc1ccccc1S(=O)(=O)Nc1cc(F)c(C(=O)N[C@@H](Cc2ccc(-n3c(=O)c4ccncc4n(C)c3=O)cn2)C(=O)O)c(F)c1. The predicted molar refractivity (Wildman–Crippen MR) is 163 cm³/mol. The van der Waals surface area contributed by atoms with Gasteiger partial charge in [-0.25, -0.2) is 31.4 Å². The first kappa shape index (κ1) is 32.4. The van der Waals surface area contributed by atoms with E-state index in [1.54, 1.807) is 0 Å². The van der Waals surface area contributed by atoms with Gasteiger partial charge in [0.15, 0.2) is 0 Å². The van der Waals surface area contributed by atoms with Crippen molar-refractivity contribution in [1.82, 2.24) is 24.4 Å². The number of benzene rings is 2. The number of aliphatic carboxylic acids is 1. The maximum absolute atomic E-state index is 15.0. The zero-order valence-electron chi connectivity index (χ0n) is 24.5. The molecule has 17 heteroatoms. The molecule has 1 amide bonds. The number of hydrogen-bond donors (Lipinski definition) is 3. The molecule has 0 radical (unpaired) electrons. The second-order valence-corrected chi connectivity index (χ2v) is 11.7. The van der Waals surface area contributed by atoms with Crippen molar-refractivity contribution in [2.75, 3.05) is 11.8 Å².